The predicted molar refractivity (Wildman–Crippen MR) is 89.6 cm³/mol. The SMILES string of the molecule is COc1ccc(-c2cnc(N)c(I)n2)cc1NS(C)(=O)=O. The maximum absolute atomic E-state index is 11.4. The minimum absolute atomic E-state index is 0.339. The number of hydrogen-bond acceptors (Lipinski definition) is 6. The number of rotatable bonds is 4. The Morgan fingerprint density at radius 2 is 2.10 bits per heavy atom. The van der Waals surface area contributed by atoms with Gasteiger partial charge in [0.05, 0.1) is 30.9 Å². The fourth-order valence-electron chi connectivity index (χ4n) is 1.66. The maximum Gasteiger partial charge on any atom is 0.229 e. The molecule has 1 aromatic heterocycles. The number of sulfonamides is 1. The lowest BCUT2D eigenvalue weighted by molar-refractivity contribution is 0.417. The summed E-state index contributed by atoms with van der Waals surface area (Å²) in [5, 5.41) is 0. The van der Waals surface area contributed by atoms with Gasteiger partial charge in [0.1, 0.15) is 9.45 Å². The van der Waals surface area contributed by atoms with E-state index in [1.807, 2.05) is 22.6 Å². The van der Waals surface area contributed by atoms with E-state index in [0.29, 0.717) is 32.2 Å². The molecule has 1 heterocycles. The molecule has 0 aliphatic carbocycles. The van der Waals surface area contributed by atoms with E-state index in [1.54, 1.807) is 18.2 Å². The third-order valence-corrected chi connectivity index (χ3v) is 3.93. The van der Waals surface area contributed by atoms with Gasteiger partial charge in [-0.1, -0.05) is 0 Å². The van der Waals surface area contributed by atoms with Crippen molar-refractivity contribution in [2.24, 2.45) is 0 Å². The van der Waals surface area contributed by atoms with Crippen LogP contribution in [0.25, 0.3) is 11.3 Å². The molecule has 0 saturated carbocycles. The van der Waals surface area contributed by atoms with Crippen LogP contribution in [0.5, 0.6) is 5.75 Å². The highest BCUT2D eigenvalue weighted by molar-refractivity contribution is 14.1. The number of hydrogen-bond donors (Lipinski definition) is 2. The average Bonchev–Trinajstić information content (AvgIpc) is 2.40. The molecule has 3 N–H and O–H groups in total. The maximum atomic E-state index is 11.4. The molecule has 0 atom stereocenters. The van der Waals surface area contributed by atoms with E-state index < -0.39 is 10.0 Å². The van der Waals surface area contributed by atoms with Crippen molar-refractivity contribution < 1.29 is 13.2 Å². The molecule has 0 amide bonds. The van der Waals surface area contributed by atoms with Crippen LogP contribution in [0.2, 0.25) is 0 Å². The Hall–Kier alpha value is -1.62. The first-order valence-corrected chi connectivity index (χ1v) is 8.71. The Morgan fingerprint density at radius 3 is 2.67 bits per heavy atom. The standard InChI is InChI=1S/C12H13IN4O3S/c1-20-10-4-3-7(5-8(10)17-21(2,18)19)9-6-15-12(14)11(13)16-9/h3-6,17H,1-2H3,(H2,14,15). The number of nitrogens with one attached hydrogen (secondary N) is 1. The number of methoxy groups -OCH3 is 1. The van der Waals surface area contributed by atoms with Gasteiger partial charge >= 0.3 is 0 Å². The smallest absolute Gasteiger partial charge is 0.229 e. The number of nitrogens with zero attached hydrogens (tertiary/aromatic N) is 2. The molecule has 0 saturated heterocycles. The Labute approximate surface area is 136 Å². The summed E-state index contributed by atoms with van der Waals surface area (Å²) in [5.41, 5.74) is 7.26. The third kappa shape index (κ3) is 3.94. The summed E-state index contributed by atoms with van der Waals surface area (Å²) < 4.78 is 30.9. The molecule has 0 fully saturated rings. The average molecular weight is 420 g/mol. The summed E-state index contributed by atoms with van der Waals surface area (Å²) >= 11 is 1.99. The highest BCUT2D eigenvalue weighted by Crippen LogP contribution is 2.30. The first-order valence-electron chi connectivity index (χ1n) is 5.74. The number of nitrogens with two attached hydrogens (primary N) is 1. The zero-order valence-corrected chi connectivity index (χ0v) is 14.3. The molecule has 0 radical (unpaired) electrons. The topological polar surface area (TPSA) is 107 Å². The van der Waals surface area contributed by atoms with E-state index in [1.165, 1.54) is 13.3 Å². The van der Waals surface area contributed by atoms with Crippen LogP contribution in [-0.2, 0) is 10.0 Å². The highest BCUT2D eigenvalue weighted by atomic mass is 127. The largest absolute Gasteiger partial charge is 0.495 e. The summed E-state index contributed by atoms with van der Waals surface area (Å²) in [4.78, 5) is 8.36. The minimum atomic E-state index is -3.41. The van der Waals surface area contributed by atoms with Gasteiger partial charge in [-0.2, -0.15) is 0 Å². The second-order valence-corrected chi connectivity index (χ2v) is 6.99. The Morgan fingerprint density at radius 1 is 1.38 bits per heavy atom. The molecular formula is C12H13IN4O3S. The first kappa shape index (κ1) is 15.8. The lowest BCUT2D eigenvalue weighted by Gasteiger charge is -2.11. The molecule has 1 aromatic carbocycles. The second-order valence-electron chi connectivity index (χ2n) is 4.22. The van der Waals surface area contributed by atoms with Gasteiger partial charge in [-0.15, -0.1) is 0 Å². The van der Waals surface area contributed by atoms with Crippen LogP contribution in [0.1, 0.15) is 0 Å². The minimum Gasteiger partial charge on any atom is -0.495 e. The van der Waals surface area contributed by atoms with E-state index in [-0.39, 0.29) is 0 Å². The third-order valence-electron chi connectivity index (χ3n) is 2.55. The van der Waals surface area contributed by atoms with Crippen molar-refractivity contribution >= 4 is 44.1 Å². The van der Waals surface area contributed by atoms with Crippen molar-refractivity contribution in [2.45, 2.75) is 0 Å². The molecule has 0 bridgehead atoms. The van der Waals surface area contributed by atoms with Crippen LogP contribution in [0.4, 0.5) is 11.5 Å². The first-order chi connectivity index (χ1) is 9.80. The number of aromatic nitrogens is 2. The van der Waals surface area contributed by atoms with Crippen LogP contribution >= 0.6 is 22.6 Å². The lowest BCUT2D eigenvalue weighted by atomic mass is 10.1. The quantitative estimate of drug-likeness (QED) is 0.730. The molecule has 0 unspecified atom stereocenters. The van der Waals surface area contributed by atoms with Crippen LogP contribution in [-0.4, -0.2) is 31.8 Å². The van der Waals surface area contributed by atoms with Gasteiger partial charge in [0.2, 0.25) is 10.0 Å². The number of nitrogen functional groups attached to an aromatic ring is 1. The van der Waals surface area contributed by atoms with Gasteiger partial charge in [0.25, 0.3) is 0 Å². The molecule has 2 aromatic rings. The Kier molecular flexibility index (Phi) is 4.52. The van der Waals surface area contributed by atoms with Gasteiger partial charge in [0.15, 0.2) is 5.82 Å². The zero-order chi connectivity index (χ0) is 15.6. The molecule has 0 aliphatic heterocycles. The predicted octanol–water partition coefficient (Wildman–Crippen LogP) is 1.71. The van der Waals surface area contributed by atoms with Crippen molar-refractivity contribution in [1.82, 2.24) is 9.97 Å². The van der Waals surface area contributed by atoms with Crippen molar-refractivity contribution in [1.29, 1.82) is 0 Å². The second kappa shape index (κ2) is 6.02. The number of halogens is 1. The molecular weight excluding hydrogens is 407 g/mol. The van der Waals surface area contributed by atoms with Gasteiger partial charge in [0, 0.05) is 5.56 Å². The molecule has 2 rings (SSSR count). The van der Waals surface area contributed by atoms with Crippen molar-refractivity contribution in [3.05, 3.63) is 28.1 Å². The summed E-state index contributed by atoms with van der Waals surface area (Å²) in [6.45, 7) is 0. The molecule has 9 heteroatoms. The molecule has 112 valence electrons. The van der Waals surface area contributed by atoms with E-state index in [9.17, 15) is 8.42 Å². The van der Waals surface area contributed by atoms with Crippen LogP contribution in [0.15, 0.2) is 24.4 Å². The summed E-state index contributed by atoms with van der Waals surface area (Å²) in [6, 6.07) is 5.06. The van der Waals surface area contributed by atoms with E-state index >= 15 is 0 Å². The van der Waals surface area contributed by atoms with Crippen LogP contribution < -0.4 is 15.2 Å². The highest BCUT2D eigenvalue weighted by Gasteiger charge is 2.11. The molecule has 0 spiro atoms. The summed E-state index contributed by atoms with van der Waals surface area (Å²) in [5.74, 6) is 0.768. The van der Waals surface area contributed by atoms with Crippen LogP contribution in [0.3, 0.4) is 0 Å². The summed E-state index contributed by atoms with van der Waals surface area (Å²) in [7, 11) is -1.94. The molecule has 0 aliphatic rings. The number of benzene rings is 1. The molecule has 7 nitrogen and oxygen atoms in total. The molecule has 21 heavy (non-hydrogen) atoms. The number of anilines is 2. The van der Waals surface area contributed by atoms with Gasteiger partial charge in [-0.05, 0) is 40.8 Å². The van der Waals surface area contributed by atoms with Gasteiger partial charge in [-0.25, -0.2) is 18.4 Å². The Bertz CT molecular complexity index is 780. The van der Waals surface area contributed by atoms with Gasteiger partial charge in [-0.3, -0.25) is 4.72 Å². The summed E-state index contributed by atoms with van der Waals surface area (Å²) in [6.07, 6.45) is 2.61. The van der Waals surface area contributed by atoms with E-state index in [2.05, 4.69) is 14.7 Å². The van der Waals surface area contributed by atoms with Crippen molar-refractivity contribution in [2.75, 3.05) is 23.8 Å². The Balaban J connectivity index is 2.50. The van der Waals surface area contributed by atoms with E-state index in [0.717, 1.165) is 6.26 Å². The van der Waals surface area contributed by atoms with E-state index in [4.69, 9.17) is 10.5 Å². The van der Waals surface area contributed by atoms with Crippen molar-refractivity contribution in [3.8, 4) is 17.0 Å². The normalized spacial score (nSPS) is 11.2. The number of ether oxygens (including phenoxy) is 1. The van der Waals surface area contributed by atoms with Gasteiger partial charge < -0.3 is 10.5 Å². The zero-order valence-electron chi connectivity index (χ0n) is 11.3. The van der Waals surface area contributed by atoms with Crippen LogP contribution in [0, 0.1) is 3.70 Å². The van der Waals surface area contributed by atoms with Crippen molar-refractivity contribution in [3.63, 3.8) is 0 Å². The lowest BCUT2D eigenvalue weighted by Crippen LogP contribution is -2.10. The fourth-order valence-corrected chi connectivity index (χ4v) is 2.62. The monoisotopic (exact) mass is 420 g/mol. The fraction of sp³-hybridized carbons (Fsp3) is 0.167.